The monoisotopic (exact) mass is 175 g/mol. The summed E-state index contributed by atoms with van der Waals surface area (Å²) in [6, 6.07) is 8.19. The molecular weight excluding hydrogens is 162 g/mol. The molecule has 1 aromatic carbocycles. The third-order valence-corrected chi connectivity index (χ3v) is 2.64. The predicted molar refractivity (Wildman–Crippen MR) is 51.7 cm³/mol. The molecule has 13 heavy (non-hydrogen) atoms. The Bertz CT molecular complexity index is 333. The molecule has 0 saturated heterocycles. The molecule has 0 aliphatic heterocycles. The molecule has 1 atom stereocenters. The summed E-state index contributed by atoms with van der Waals surface area (Å²) in [7, 11) is 1.84. The molecule has 0 heterocycles. The van der Waals surface area contributed by atoms with Crippen LogP contribution in [0.25, 0.3) is 0 Å². The van der Waals surface area contributed by atoms with E-state index in [1.165, 1.54) is 11.1 Å². The minimum absolute atomic E-state index is 0.0231. The van der Waals surface area contributed by atoms with Crippen molar-refractivity contribution in [3.05, 3.63) is 35.4 Å². The summed E-state index contributed by atoms with van der Waals surface area (Å²) in [5.74, 6) is 0.307. The van der Waals surface area contributed by atoms with Crippen LogP contribution in [0.15, 0.2) is 24.3 Å². The number of ketones is 1. The molecule has 0 radical (unpaired) electrons. The zero-order valence-corrected chi connectivity index (χ0v) is 7.71. The fourth-order valence-electron chi connectivity index (χ4n) is 1.84. The molecule has 1 aliphatic rings. The molecule has 1 N–H and O–H groups in total. The summed E-state index contributed by atoms with van der Waals surface area (Å²) in [4.78, 5) is 11.5. The molecule has 0 amide bonds. The Morgan fingerprint density at radius 3 is 2.69 bits per heavy atom. The first kappa shape index (κ1) is 8.45. The highest BCUT2D eigenvalue weighted by Gasteiger charge is 2.23. The average molecular weight is 175 g/mol. The van der Waals surface area contributed by atoms with Gasteiger partial charge < -0.3 is 5.32 Å². The van der Waals surface area contributed by atoms with E-state index in [0.29, 0.717) is 12.2 Å². The van der Waals surface area contributed by atoms with Crippen molar-refractivity contribution < 1.29 is 4.79 Å². The lowest BCUT2D eigenvalue weighted by Gasteiger charge is -2.22. The Labute approximate surface area is 78.0 Å². The highest BCUT2D eigenvalue weighted by Crippen LogP contribution is 2.18. The molecule has 1 unspecified atom stereocenters. The van der Waals surface area contributed by atoms with Crippen molar-refractivity contribution in [1.82, 2.24) is 5.32 Å². The number of rotatable bonds is 1. The van der Waals surface area contributed by atoms with Gasteiger partial charge in [-0.25, -0.2) is 0 Å². The summed E-state index contributed by atoms with van der Waals surface area (Å²) in [5.41, 5.74) is 2.50. The van der Waals surface area contributed by atoms with Gasteiger partial charge in [-0.3, -0.25) is 4.79 Å². The second kappa shape index (κ2) is 3.30. The third kappa shape index (κ3) is 1.49. The smallest absolute Gasteiger partial charge is 0.154 e. The van der Waals surface area contributed by atoms with Crippen LogP contribution in [0.2, 0.25) is 0 Å². The van der Waals surface area contributed by atoms with Crippen molar-refractivity contribution in [3.8, 4) is 0 Å². The molecule has 0 spiro atoms. The highest BCUT2D eigenvalue weighted by atomic mass is 16.1. The van der Waals surface area contributed by atoms with E-state index in [1.54, 1.807) is 0 Å². The molecule has 2 heteroatoms. The standard InChI is InChI=1S/C11H13NO/c1-12-10-6-8-4-2-3-5-9(8)7-11(10)13/h2-5,10,12H,6-7H2,1H3. The maximum absolute atomic E-state index is 11.5. The minimum Gasteiger partial charge on any atom is -0.310 e. The number of carbonyl (C=O) groups is 1. The van der Waals surface area contributed by atoms with Gasteiger partial charge >= 0.3 is 0 Å². The van der Waals surface area contributed by atoms with Crippen LogP contribution in [0.4, 0.5) is 0 Å². The first-order valence-corrected chi connectivity index (χ1v) is 4.58. The molecular formula is C11H13NO. The number of carbonyl (C=O) groups excluding carboxylic acids is 1. The molecule has 1 aromatic rings. The van der Waals surface area contributed by atoms with Crippen LogP contribution in [-0.2, 0) is 17.6 Å². The van der Waals surface area contributed by atoms with Gasteiger partial charge in [-0.15, -0.1) is 0 Å². The maximum atomic E-state index is 11.5. The molecule has 2 nitrogen and oxygen atoms in total. The second-order valence-electron chi connectivity index (χ2n) is 3.46. The molecule has 0 fully saturated rings. The Morgan fingerprint density at radius 2 is 2.00 bits per heavy atom. The SMILES string of the molecule is CNC1Cc2ccccc2CC1=O. The van der Waals surface area contributed by atoms with Gasteiger partial charge in [-0.05, 0) is 24.6 Å². The summed E-state index contributed by atoms with van der Waals surface area (Å²) < 4.78 is 0. The first-order valence-electron chi connectivity index (χ1n) is 4.58. The normalized spacial score (nSPS) is 21.3. The lowest BCUT2D eigenvalue weighted by atomic mass is 9.87. The van der Waals surface area contributed by atoms with Gasteiger partial charge in [0.05, 0.1) is 6.04 Å². The Kier molecular flexibility index (Phi) is 2.15. The van der Waals surface area contributed by atoms with Crippen LogP contribution >= 0.6 is 0 Å². The average Bonchev–Trinajstić information content (AvgIpc) is 2.17. The van der Waals surface area contributed by atoms with Crippen molar-refractivity contribution in [2.24, 2.45) is 0 Å². The van der Waals surface area contributed by atoms with Crippen molar-refractivity contribution in [2.45, 2.75) is 18.9 Å². The summed E-state index contributed by atoms with van der Waals surface area (Å²) in [6.45, 7) is 0. The van der Waals surface area contributed by atoms with Gasteiger partial charge in [-0.2, -0.15) is 0 Å². The van der Waals surface area contributed by atoms with Crippen molar-refractivity contribution >= 4 is 5.78 Å². The molecule has 2 rings (SSSR count). The summed E-state index contributed by atoms with van der Waals surface area (Å²) in [6.07, 6.45) is 1.42. The maximum Gasteiger partial charge on any atom is 0.154 e. The quantitative estimate of drug-likeness (QED) is 0.688. The minimum atomic E-state index is 0.0231. The van der Waals surface area contributed by atoms with Gasteiger partial charge in [0.2, 0.25) is 0 Å². The zero-order valence-electron chi connectivity index (χ0n) is 7.71. The Hall–Kier alpha value is -1.15. The van der Waals surface area contributed by atoms with Crippen molar-refractivity contribution in [3.63, 3.8) is 0 Å². The first-order chi connectivity index (χ1) is 6.31. The summed E-state index contributed by atoms with van der Waals surface area (Å²) in [5, 5.41) is 3.05. The van der Waals surface area contributed by atoms with Crippen molar-refractivity contribution in [1.29, 1.82) is 0 Å². The second-order valence-corrected chi connectivity index (χ2v) is 3.46. The van der Waals surface area contributed by atoms with E-state index in [4.69, 9.17) is 0 Å². The van der Waals surface area contributed by atoms with Crippen LogP contribution in [0.3, 0.4) is 0 Å². The van der Waals surface area contributed by atoms with E-state index in [2.05, 4.69) is 11.4 Å². The number of fused-ring (bicyclic) bond motifs is 1. The lowest BCUT2D eigenvalue weighted by molar-refractivity contribution is -0.120. The van der Waals surface area contributed by atoms with E-state index in [1.807, 2.05) is 25.2 Å². The number of hydrogen-bond donors (Lipinski definition) is 1. The third-order valence-electron chi connectivity index (χ3n) is 2.64. The number of likely N-dealkylation sites (N-methyl/N-ethyl adjacent to an activating group) is 1. The molecule has 0 bridgehead atoms. The van der Waals surface area contributed by atoms with E-state index >= 15 is 0 Å². The van der Waals surface area contributed by atoms with Crippen LogP contribution in [0, 0.1) is 0 Å². The van der Waals surface area contributed by atoms with Crippen LogP contribution in [-0.4, -0.2) is 18.9 Å². The Balaban J connectivity index is 2.33. The highest BCUT2D eigenvalue weighted by molar-refractivity contribution is 5.88. The topological polar surface area (TPSA) is 29.1 Å². The fourth-order valence-corrected chi connectivity index (χ4v) is 1.84. The van der Waals surface area contributed by atoms with Crippen LogP contribution in [0.1, 0.15) is 11.1 Å². The van der Waals surface area contributed by atoms with Crippen LogP contribution in [0.5, 0.6) is 0 Å². The number of nitrogens with one attached hydrogen (secondary N) is 1. The molecule has 0 aromatic heterocycles. The zero-order chi connectivity index (χ0) is 9.26. The molecule has 0 saturated carbocycles. The van der Waals surface area contributed by atoms with E-state index in [-0.39, 0.29) is 6.04 Å². The van der Waals surface area contributed by atoms with Crippen LogP contribution < -0.4 is 5.32 Å². The van der Waals surface area contributed by atoms with E-state index in [0.717, 1.165) is 6.42 Å². The molecule has 68 valence electrons. The van der Waals surface area contributed by atoms with E-state index < -0.39 is 0 Å². The predicted octanol–water partition coefficient (Wildman–Crippen LogP) is 0.942. The van der Waals surface area contributed by atoms with Gasteiger partial charge in [0.15, 0.2) is 5.78 Å². The fraction of sp³-hybridized carbons (Fsp3) is 0.364. The van der Waals surface area contributed by atoms with Crippen molar-refractivity contribution in [2.75, 3.05) is 7.05 Å². The van der Waals surface area contributed by atoms with E-state index in [9.17, 15) is 4.79 Å². The van der Waals surface area contributed by atoms with Gasteiger partial charge in [0.1, 0.15) is 0 Å². The number of hydrogen-bond acceptors (Lipinski definition) is 2. The van der Waals surface area contributed by atoms with Gasteiger partial charge in [-0.1, -0.05) is 24.3 Å². The largest absolute Gasteiger partial charge is 0.310 e. The summed E-state index contributed by atoms with van der Waals surface area (Å²) >= 11 is 0. The Morgan fingerprint density at radius 1 is 1.31 bits per heavy atom. The van der Waals surface area contributed by atoms with Gasteiger partial charge in [0.25, 0.3) is 0 Å². The number of benzene rings is 1. The van der Waals surface area contributed by atoms with Gasteiger partial charge in [0, 0.05) is 6.42 Å². The molecule has 1 aliphatic carbocycles. The number of Topliss-reactive ketones (excluding diaryl/α,β-unsaturated/α-hetero) is 1. The lowest BCUT2D eigenvalue weighted by Crippen LogP contribution is -2.40.